The van der Waals surface area contributed by atoms with Gasteiger partial charge in [-0.3, -0.25) is 9.69 Å². The predicted molar refractivity (Wildman–Crippen MR) is 106 cm³/mol. The van der Waals surface area contributed by atoms with E-state index < -0.39 is 0 Å². The van der Waals surface area contributed by atoms with Gasteiger partial charge < -0.3 is 9.73 Å². The topological polar surface area (TPSA) is 58.4 Å². The van der Waals surface area contributed by atoms with Crippen LogP contribution in [0.25, 0.3) is 22.2 Å². The number of oxazole rings is 1. The van der Waals surface area contributed by atoms with Crippen molar-refractivity contribution in [2.45, 2.75) is 39.3 Å². The van der Waals surface area contributed by atoms with Gasteiger partial charge >= 0.3 is 0 Å². The number of carbonyl (C=O) groups excluding carboxylic acids is 1. The van der Waals surface area contributed by atoms with Crippen LogP contribution in [0.5, 0.6) is 0 Å². The Hall–Kier alpha value is -2.66. The Kier molecular flexibility index (Phi) is 4.94. The molecule has 1 N–H and O–H groups in total. The number of carbonyl (C=O) groups is 1. The van der Waals surface area contributed by atoms with E-state index in [0.29, 0.717) is 11.9 Å². The third kappa shape index (κ3) is 4.03. The standard InChI is InChI=1S/C22H25N3O2/c1-15-21(14-25-11-9-20(10-12-25)23-16(2)26)24-22(27-15)19-8-7-17-5-3-4-6-18(17)13-19/h3-8,13,20H,9-12,14H2,1-2H3,(H,23,26). The highest BCUT2D eigenvalue weighted by molar-refractivity contribution is 5.86. The molecule has 0 saturated carbocycles. The first-order valence-electron chi connectivity index (χ1n) is 9.53. The van der Waals surface area contributed by atoms with Gasteiger partial charge in [0.1, 0.15) is 5.76 Å². The molecule has 0 unspecified atom stereocenters. The molecule has 27 heavy (non-hydrogen) atoms. The lowest BCUT2D eigenvalue weighted by Gasteiger charge is -2.31. The minimum Gasteiger partial charge on any atom is -0.441 e. The maximum Gasteiger partial charge on any atom is 0.226 e. The van der Waals surface area contributed by atoms with Crippen LogP contribution in [0.1, 0.15) is 31.2 Å². The quantitative estimate of drug-likeness (QED) is 0.764. The Morgan fingerprint density at radius 1 is 1.19 bits per heavy atom. The summed E-state index contributed by atoms with van der Waals surface area (Å²) in [5.41, 5.74) is 2.00. The van der Waals surface area contributed by atoms with E-state index in [0.717, 1.165) is 49.5 Å². The average Bonchev–Trinajstić information content (AvgIpc) is 3.03. The molecule has 0 bridgehead atoms. The largest absolute Gasteiger partial charge is 0.441 e. The summed E-state index contributed by atoms with van der Waals surface area (Å²) in [6.45, 7) is 6.27. The van der Waals surface area contributed by atoms with Crippen LogP contribution in [-0.2, 0) is 11.3 Å². The second-order valence-corrected chi connectivity index (χ2v) is 7.33. The molecule has 1 aromatic heterocycles. The molecule has 1 saturated heterocycles. The smallest absolute Gasteiger partial charge is 0.226 e. The minimum atomic E-state index is 0.0563. The molecule has 2 heterocycles. The van der Waals surface area contributed by atoms with Gasteiger partial charge in [0.15, 0.2) is 0 Å². The van der Waals surface area contributed by atoms with Gasteiger partial charge in [-0.25, -0.2) is 4.98 Å². The summed E-state index contributed by atoms with van der Waals surface area (Å²) in [4.78, 5) is 18.4. The molecule has 0 aliphatic carbocycles. The molecule has 1 aliphatic heterocycles. The monoisotopic (exact) mass is 363 g/mol. The van der Waals surface area contributed by atoms with E-state index in [-0.39, 0.29) is 5.91 Å². The summed E-state index contributed by atoms with van der Waals surface area (Å²) in [5.74, 6) is 1.62. The first kappa shape index (κ1) is 17.7. The maximum absolute atomic E-state index is 11.2. The Labute approximate surface area is 159 Å². The molecule has 1 aliphatic rings. The second kappa shape index (κ2) is 7.53. The van der Waals surface area contributed by atoms with Crippen LogP contribution >= 0.6 is 0 Å². The first-order valence-corrected chi connectivity index (χ1v) is 9.53. The SMILES string of the molecule is CC(=O)NC1CCN(Cc2nc(-c3ccc4ccccc4c3)oc2C)CC1. The number of nitrogens with zero attached hydrogens (tertiary/aromatic N) is 2. The third-order valence-electron chi connectivity index (χ3n) is 5.26. The Bertz CT molecular complexity index is 955. The van der Waals surface area contributed by atoms with Gasteiger partial charge in [0.05, 0.1) is 5.69 Å². The van der Waals surface area contributed by atoms with Crippen molar-refractivity contribution >= 4 is 16.7 Å². The lowest BCUT2D eigenvalue weighted by atomic mass is 10.0. The minimum absolute atomic E-state index is 0.0563. The van der Waals surface area contributed by atoms with E-state index in [4.69, 9.17) is 9.40 Å². The van der Waals surface area contributed by atoms with Crippen molar-refractivity contribution in [3.8, 4) is 11.5 Å². The number of nitrogens with one attached hydrogen (secondary N) is 1. The summed E-state index contributed by atoms with van der Waals surface area (Å²) in [6, 6.07) is 14.9. The third-order valence-corrected chi connectivity index (χ3v) is 5.26. The van der Waals surface area contributed by atoms with Crippen LogP contribution in [-0.4, -0.2) is 34.9 Å². The van der Waals surface area contributed by atoms with Crippen molar-refractivity contribution in [2.75, 3.05) is 13.1 Å². The summed E-state index contributed by atoms with van der Waals surface area (Å²) in [7, 11) is 0. The lowest BCUT2D eigenvalue weighted by Crippen LogP contribution is -2.43. The molecular weight excluding hydrogens is 338 g/mol. The molecule has 1 amide bonds. The van der Waals surface area contributed by atoms with Crippen LogP contribution in [0.4, 0.5) is 0 Å². The second-order valence-electron chi connectivity index (χ2n) is 7.33. The molecule has 4 rings (SSSR count). The fourth-order valence-electron chi connectivity index (χ4n) is 3.76. The van der Waals surface area contributed by atoms with E-state index in [9.17, 15) is 4.79 Å². The number of aromatic nitrogens is 1. The van der Waals surface area contributed by atoms with Gasteiger partial charge in [-0.05, 0) is 42.7 Å². The maximum atomic E-state index is 11.2. The lowest BCUT2D eigenvalue weighted by molar-refractivity contribution is -0.119. The molecule has 5 nitrogen and oxygen atoms in total. The molecule has 140 valence electrons. The number of amides is 1. The van der Waals surface area contributed by atoms with Gasteiger partial charge in [0, 0.05) is 38.2 Å². The van der Waals surface area contributed by atoms with Crippen LogP contribution < -0.4 is 5.32 Å². The highest BCUT2D eigenvalue weighted by atomic mass is 16.4. The normalized spacial score (nSPS) is 15.9. The van der Waals surface area contributed by atoms with Gasteiger partial charge in [-0.2, -0.15) is 0 Å². The summed E-state index contributed by atoms with van der Waals surface area (Å²) < 4.78 is 5.97. The number of benzene rings is 2. The van der Waals surface area contributed by atoms with Crippen molar-refractivity contribution in [3.63, 3.8) is 0 Å². The number of hydrogen-bond acceptors (Lipinski definition) is 4. The summed E-state index contributed by atoms with van der Waals surface area (Å²) >= 11 is 0. The van der Waals surface area contributed by atoms with E-state index in [1.165, 1.54) is 10.8 Å². The van der Waals surface area contributed by atoms with Crippen LogP contribution in [0.3, 0.4) is 0 Å². The number of hydrogen-bond donors (Lipinski definition) is 1. The molecular formula is C22H25N3O2. The molecule has 1 fully saturated rings. The molecule has 2 aromatic carbocycles. The van der Waals surface area contributed by atoms with Crippen molar-refractivity contribution in [1.29, 1.82) is 0 Å². The highest BCUT2D eigenvalue weighted by Gasteiger charge is 2.22. The van der Waals surface area contributed by atoms with Gasteiger partial charge in [-0.1, -0.05) is 30.3 Å². The Balaban J connectivity index is 1.46. The van der Waals surface area contributed by atoms with E-state index in [1.54, 1.807) is 6.92 Å². The van der Waals surface area contributed by atoms with Crippen molar-refractivity contribution in [2.24, 2.45) is 0 Å². The van der Waals surface area contributed by atoms with Gasteiger partial charge in [0.25, 0.3) is 0 Å². The molecule has 0 spiro atoms. The van der Waals surface area contributed by atoms with Crippen LogP contribution in [0.15, 0.2) is 46.9 Å². The average molecular weight is 363 g/mol. The molecule has 3 aromatic rings. The number of piperidine rings is 1. The van der Waals surface area contributed by atoms with E-state index >= 15 is 0 Å². The number of likely N-dealkylation sites (tertiary alicyclic amines) is 1. The zero-order chi connectivity index (χ0) is 18.8. The number of aryl methyl sites for hydroxylation is 1. The van der Waals surface area contributed by atoms with Crippen molar-refractivity contribution in [1.82, 2.24) is 15.2 Å². The molecule has 5 heteroatoms. The summed E-state index contributed by atoms with van der Waals surface area (Å²) in [5, 5.41) is 5.42. The van der Waals surface area contributed by atoms with Crippen LogP contribution in [0.2, 0.25) is 0 Å². The van der Waals surface area contributed by atoms with Gasteiger partial charge in [0.2, 0.25) is 11.8 Å². The fraction of sp³-hybridized carbons (Fsp3) is 0.364. The zero-order valence-electron chi connectivity index (χ0n) is 15.9. The number of fused-ring (bicyclic) bond motifs is 1. The summed E-state index contributed by atoms with van der Waals surface area (Å²) in [6.07, 6.45) is 1.96. The fourth-order valence-corrected chi connectivity index (χ4v) is 3.76. The van der Waals surface area contributed by atoms with Crippen molar-refractivity contribution < 1.29 is 9.21 Å². The van der Waals surface area contributed by atoms with E-state index in [1.807, 2.05) is 19.1 Å². The van der Waals surface area contributed by atoms with E-state index in [2.05, 4.69) is 40.5 Å². The molecule has 0 radical (unpaired) electrons. The molecule has 0 atom stereocenters. The Morgan fingerprint density at radius 2 is 1.93 bits per heavy atom. The Morgan fingerprint density at radius 3 is 2.67 bits per heavy atom. The zero-order valence-corrected chi connectivity index (χ0v) is 15.9. The van der Waals surface area contributed by atoms with Crippen molar-refractivity contribution in [3.05, 3.63) is 53.9 Å². The number of rotatable bonds is 4. The van der Waals surface area contributed by atoms with Crippen LogP contribution in [0, 0.1) is 6.92 Å². The first-order chi connectivity index (χ1) is 13.1. The predicted octanol–water partition coefficient (Wildman–Crippen LogP) is 3.90. The highest BCUT2D eigenvalue weighted by Crippen LogP contribution is 2.26. The van der Waals surface area contributed by atoms with Gasteiger partial charge in [-0.15, -0.1) is 0 Å².